The van der Waals surface area contributed by atoms with Gasteiger partial charge < -0.3 is 26.0 Å². The van der Waals surface area contributed by atoms with Crippen LogP contribution in [0.5, 0.6) is 0 Å². The molecule has 1 rings (SSSR count). The molecule has 6 nitrogen and oxygen atoms in total. The molecule has 0 aliphatic carbocycles. The van der Waals surface area contributed by atoms with Gasteiger partial charge in [-0.1, -0.05) is 0 Å². The number of carbonyl (C=O) groups is 1. The standard InChI is InChI=1S/C7H14N2O4/c8-5-1-9(6(5)13)7(2-10,3-11)4-12/h5,10-12H,1-4,8H2. The minimum Gasteiger partial charge on any atom is -0.394 e. The molecule has 0 bridgehead atoms. The average Bonchev–Trinajstić information content (AvgIpc) is 2.19. The number of likely N-dealkylation sites (tertiary alicyclic amines) is 1. The Morgan fingerprint density at radius 1 is 1.38 bits per heavy atom. The van der Waals surface area contributed by atoms with E-state index < -0.39 is 31.4 Å². The molecule has 0 aromatic heterocycles. The Hall–Kier alpha value is -0.690. The van der Waals surface area contributed by atoms with Gasteiger partial charge in [-0.15, -0.1) is 0 Å². The van der Waals surface area contributed by atoms with Gasteiger partial charge in [-0.2, -0.15) is 0 Å². The Labute approximate surface area is 75.6 Å². The van der Waals surface area contributed by atoms with Crippen molar-refractivity contribution in [1.29, 1.82) is 0 Å². The number of aliphatic hydroxyl groups excluding tert-OH is 3. The summed E-state index contributed by atoms with van der Waals surface area (Å²) in [5.74, 6) is -0.350. The molecule has 1 fully saturated rings. The lowest BCUT2D eigenvalue weighted by molar-refractivity contribution is -0.161. The van der Waals surface area contributed by atoms with Gasteiger partial charge in [0, 0.05) is 6.54 Å². The van der Waals surface area contributed by atoms with Crippen LogP contribution < -0.4 is 5.73 Å². The lowest BCUT2D eigenvalue weighted by Gasteiger charge is -2.48. The van der Waals surface area contributed by atoms with Gasteiger partial charge >= 0.3 is 0 Å². The highest BCUT2D eigenvalue weighted by Crippen LogP contribution is 2.21. The van der Waals surface area contributed by atoms with E-state index in [1.54, 1.807) is 0 Å². The molecule has 0 aromatic carbocycles. The van der Waals surface area contributed by atoms with Gasteiger partial charge in [0.05, 0.1) is 19.8 Å². The molecule has 76 valence electrons. The van der Waals surface area contributed by atoms with Crippen LogP contribution in [0.4, 0.5) is 0 Å². The van der Waals surface area contributed by atoms with E-state index in [4.69, 9.17) is 21.1 Å². The first-order chi connectivity index (χ1) is 6.11. The predicted octanol–water partition coefficient (Wildman–Crippen LogP) is -3.13. The molecule has 1 aliphatic heterocycles. The second-order valence-electron chi connectivity index (χ2n) is 3.25. The van der Waals surface area contributed by atoms with Crippen molar-refractivity contribution in [2.45, 2.75) is 11.6 Å². The van der Waals surface area contributed by atoms with E-state index in [9.17, 15) is 4.79 Å². The van der Waals surface area contributed by atoms with Crippen molar-refractivity contribution in [2.75, 3.05) is 26.4 Å². The second kappa shape index (κ2) is 3.59. The van der Waals surface area contributed by atoms with E-state index in [0.717, 1.165) is 0 Å². The number of nitrogens with two attached hydrogens (primary N) is 1. The summed E-state index contributed by atoms with van der Waals surface area (Å²) < 4.78 is 0. The lowest BCUT2D eigenvalue weighted by atomic mass is 9.93. The molecule has 1 unspecified atom stereocenters. The highest BCUT2D eigenvalue weighted by molar-refractivity contribution is 5.88. The first-order valence-corrected chi connectivity index (χ1v) is 4.01. The molecular formula is C7H14N2O4. The maximum absolute atomic E-state index is 11.2. The van der Waals surface area contributed by atoms with Crippen molar-refractivity contribution in [3.63, 3.8) is 0 Å². The van der Waals surface area contributed by atoms with E-state index >= 15 is 0 Å². The molecular weight excluding hydrogens is 176 g/mol. The summed E-state index contributed by atoms with van der Waals surface area (Å²) in [7, 11) is 0. The summed E-state index contributed by atoms with van der Waals surface area (Å²) in [6.07, 6.45) is 0. The quantitative estimate of drug-likeness (QED) is 0.351. The molecule has 1 atom stereocenters. The van der Waals surface area contributed by atoms with Crippen molar-refractivity contribution in [2.24, 2.45) is 5.73 Å². The fraction of sp³-hybridized carbons (Fsp3) is 0.857. The first-order valence-electron chi connectivity index (χ1n) is 4.01. The molecule has 13 heavy (non-hydrogen) atoms. The third-order valence-electron chi connectivity index (χ3n) is 2.42. The maximum Gasteiger partial charge on any atom is 0.242 e. The van der Waals surface area contributed by atoms with Crippen LogP contribution in [0.15, 0.2) is 0 Å². The third-order valence-corrected chi connectivity index (χ3v) is 2.42. The molecule has 1 saturated heterocycles. The zero-order valence-corrected chi connectivity index (χ0v) is 7.18. The Bertz CT molecular complexity index is 196. The Kier molecular flexibility index (Phi) is 2.87. The zero-order valence-electron chi connectivity index (χ0n) is 7.18. The fourth-order valence-electron chi connectivity index (χ4n) is 1.29. The summed E-state index contributed by atoms with van der Waals surface area (Å²) in [5, 5.41) is 26.9. The number of hydrogen-bond acceptors (Lipinski definition) is 5. The largest absolute Gasteiger partial charge is 0.394 e. The zero-order chi connectivity index (χ0) is 10.1. The monoisotopic (exact) mass is 190 g/mol. The molecule has 1 heterocycles. The summed E-state index contributed by atoms with van der Waals surface area (Å²) in [6.45, 7) is -1.16. The highest BCUT2D eigenvalue weighted by atomic mass is 16.3. The minimum atomic E-state index is -1.26. The van der Waals surface area contributed by atoms with Crippen LogP contribution in [-0.2, 0) is 4.79 Å². The molecule has 5 N–H and O–H groups in total. The molecule has 0 aromatic rings. The van der Waals surface area contributed by atoms with Crippen LogP contribution in [0.25, 0.3) is 0 Å². The number of carbonyl (C=O) groups excluding carboxylic acids is 1. The molecule has 1 amide bonds. The molecule has 1 aliphatic rings. The number of amides is 1. The third kappa shape index (κ3) is 1.42. The van der Waals surface area contributed by atoms with Crippen molar-refractivity contribution in [1.82, 2.24) is 4.90 Å². The predicted molar refractivity (Wildman–Crippen MR) is 43.7 cm³/mol. The van der Waals surface area contributed by atoms with Crippen molar-refractivity contribution in [3.05, 3.63) is 0 Å². The number of β-lactam (4-membered cyclic amide) rings is 1. The van der Waals surface area contributed by atoms with E-state index in [-0.39, 0.29) is 12.5 Å². The van der Waals surface area contributed by atoms with Gasteiger partial charge in [0.1, 0.15) is 11.6 Å². The number of aliphatic hydroxyl groups is 3. The van der Waals surface area contributed by atoms with E-state index in [1.165, 1.54) is 4.90 Å². The van der Waals surface area contributed by atoms with Crippen molar-refractivity contribution >= 4 is 5.91 Å². The fourth-order valence-corrected chi connectivity index (χ4v) is 1.29. The van der Waals surface area contributed by atoms with Crippen molar-refractivity contribution in [3.8, 4) is 0 Å². The van der Waals surface area contributed by atoms with Crippen LogP contribution in [-0.4, -0.2) is 64.1 Å². The number of rotatable bonds is 4. The molecule has 0 spiro atoms. The van der Waals surface area contributed by atoms with Crippen LogP contribution in [0.2, 0.25) is 0 Å². The van der Waals surface area contributed by atoms with E-state index in [2.05, 4.69) is 0 Å². The number of hydrogen-bond donors (Lipinski definition) is 4. The molecule has 0 radical (unpaired) electrons. The van der Waals surface area contributed by atoms with Gasteiger partial charge in [0.15, 0.2) is 0 Å². The van der Waals surface area contributed by atoms with E-state index in [1.807, 2.05) is 0 Å². The summed E-state index contributed by atoms with van der Waals surface area (Å²) >= 11 is 0. The topological polar surface area (TPSA) is 107 Å². The Morgan fingerprint density at radius 3 is 2.08 bits per heavy atom. The Morgan fingerprint density at radius 2 is 1.85 bits per heavy atom. The SMILES string of the molecule is NC1CN(C(CO)(CO)CO)C1=O. The highest BCUT2D eigenvalue weighted by Gasteiger charge is 2.47. The van der Waals surface area contributed by atoms with Gasteiger partial charge in [0.25, 0.3) is 0 Å². The molecule has 6 heteroatoms. The van der Waals surface area contributed by atoms with Gasteiger partial charge in [-0.25, -0.2) is 0 Å². The van der Waals surface area contributed by atoms with E-state index in [0.29, 0.717) is 0 Å². The van der Waals surface area contributed by atoms with Crippen LogP contribution in [0.3, 0.4) is 0 Å². The summed E-state index contributed by atoms with van der Waals surface area (Å²) in [4.78, 5) is 12.4. The number of nitrogens with zero attached hydrogens (tertiary/aromatic N) is 1. The van der Waals surface area contributed by atoms with Gasteiger partial charge in [-0.3, -0.25) is 4.79 Å². The average molecular weight is 190 g/mol. The van der Waals surface area contributed by atoms with Crippen molar-refractivity contribution < 1.29 is 20.1 Å². The maximum atomic E-state index is 11.2. The Balaban J connectivity index is 2.72. The summed E-state index contributed by atoms with van der Waals surface area (Å²) in [6, 6.07) is -0.566. The summed E-state index contributed by atoms with van der Waals surface area (Å²) in [5.41, 5.74) is 4.08. The minimum absolute atomic E-state index is 0.264. The van der Waals surface area contributed by atoms with Crippen LogP contribution in [0.1, 0.15) is 0 Å². The van der Waals surface area contributed by atoms with Gasteiger partial charge in [-0.05, 0) is 0 Å². The van der Waals surface area contributed by atoms with Crippen LogP contribution >= 0.6 is 0 Å². The van der Waals surface area contributed by atoms with Crippen LogP contribution in [0, 0.1) is 0 Å². The normalized spacial score (nSPS) is 23.2. The smallest absolute Gasteiger partial charge is 0.242 e. The second-order valence-corrected chi connectivity index (χ2v) is 3.25. The van der Waals surface area contributed by atoms with Gasteiger partial charge in [0.2, 0.25) is 5.91 Å². The lowest BCUT2D eigenvalue weighted by Crippen LogP contribution is -2.72. The molecule has 0 saturated carbocycles. The first kappa shape index (κ1) is 10.4.